The zero-order valence-corrected chi connectivity index (χ0v) is 17.5. The molecule has 0 N–H and O–H groups in total. The lowest BCUT2D eigenvalue weighted by atomic mass is 10.0. The standard InChI is InChI=1S/C22H24FN3O2S/c1-14-20(29-15(2)25-14)12-21(27)26-9-4-3-8-19(26)22-24-13-18(28-22)11-16-6-5-7-17(23)10-16/h5-7,10,13,19H,3-4,8-9,11-12H2,1-2H3. The van der Waals surface area contributed by atoms with Gasteiger partial charge in [0.25, 0.3) is 0 Å². The van der Waals surface area contributed by atoms with Crippen LogP contribution in [0.5, 0.6) is 0 Å². The summed E-state index contributed by atoms with van der Waals surface area (Å²) in [6.45, 7) is 4.62. The fourth-order valence-corrected chi connectivity index (χ4v) is 4.80. The molecule has 1 aliphatic rings. The first-order chi connectivity index (χ1) is 14.0. The third kappa shape index (κ3) is 4.56. The van der Waals surface area contributed by atoms with Gasteiger partial charge >= 0.3 is 0 Å². The number of thiazole rings is 1. The Bertz CT molecular complexity index is 1010. The highest BCUT2D eigenvalue weighted by Crippen LogP contribution is 2.32. The van der Waals surface area contributed by atoms with Crippen LogP contribution in [0.25, 0.3) is 0 Å². The summed E-state index contributed by atoms with van der Waals surface area (Å²) in [6.07, 6.45) is 5.39. The number of likely N-dealkylation sites (tertiary alicyclic amines) is 1. The van der Waals surface area contributed by atoms with E-state index in [0.717, 1.165) is 40.4 Å². The number of benzene rings is 1. The van der Waals surface area contributed by atoms with Gasteiger partial charge in [-0.1, -0.05) is 12.1 Å². The van der Waals surface area contributed by atoms with Crippen LogP contribution in [0.2, 0.25) is 0 Å². The Kier molecular flexibility index (Phi) is 5.76. The molecule has 3 heterocycles. The van der Waals surface area contributed by atoms with Crippen LogP contribution in [0.1, 0.15) is 58.1 Å². The maximum Gasteiger partial charge on any atom is 0.228 e. The average Bonchev–Trinajstić information content (AvgIpc) is 3.27. The second kappa shape index (κ2) is 8.45. The molecule has 0 bridgehead atoms. The van der Waals surface area contributed by atoms with E-state index in [-0.39, 0.29) is 17.8 Å². The molecule has 3 aromatic rings. The molecule has 0 spiro atoms. The fourth-order valence-electron chi connectivity index (χ4n) is 3.87. The van der Waals surface area contributed by atoms with Crippen molar-refractivity contribution >= 4 is 17.2 Å². The van der Waals surface area contributed by atoms with Crippen molar-refractivity contribution in [1.82, 2.24) is 14.9 Å². The first-order valence-corrected chi connectivity index (χ1v) is 10.7. The van der Waals surface area contributed by atoms with Gasteiger partial charge in [0.2, 0.25) is 11.8 Å². The number of nitrogens with zero attached hydrogens (tertiary/aromatic N) is 3. The van der Waals surface area contributed by atoms with Crippen molar-refractivity contribution in [3.8, 4) is 0 Å². The second-order valence-electron chi connectivity index (χ2n) is 7.49. The molecule has 0 radical (unpaired) electrons. The van der Waals surface area contributed by atoms with Crippen LogP contribution in [0.4, 0.5) is 4.39 Å². The topological polar surface area (TPSA) is 59.2 Å². The summed E-state index contributed by atoms with van der Waals surface area (Å²) in [4.78, 5) is 24.8. The lowest BCUT2D eigenvalue weighted by Crippen LogP contribution is -2.39. The molecule has 29 heavy (non-hydrogen) atoms. The highest BCUT2D eigenvalue weighted by Gasteiger charge is 2.31. The molecule has 1 unspecified atom stereocenters. The van der Waals surface area contributed by atoms with Crippen molar-refractivity contribution in [3.05, 3.63) is 69.1 Å². The largest absolute Gasteiger partial charge is 0.443 e. The van der Waals surface area contributed by atoms with Crippen molar-refractivity contribution in [2.24, 2.45) is 0 Å². The molecule has 152 valence electrons. The van der Waals surface area contributed by atoms with Gasteiger partial charge in [0.15, 0.2) is 0 Å². The van der Waals surface area contributed by atoms with Crippen LogP contribution in [0.3, 0.4) is 0 Å². The van der Waals surface area contributed by atoms with Crippen LogP contribution in [-0.4, -0.2) is 27.3 Å². The van der Waals surface area contributed by atoms with Crippen LogP contribution in [-0.2, 0) is 17.6 Å². The van der Waals surface area contributed by atoms with E-state index in [9.17, 15) is 9.18 Å². The number of carbonyl (C=O) groups is 1. The minimum atomic E-state index is -0.264. The number of hydrogen-bond acceptors (Lipinski definition) is 5. The molecule has 0 aliphatic carbocycles. The van der Waals surface area contributed by atoms with Crippen LogP contribution in [0, 0.1) is 19.7 Å². The van der Waals surface area contributed by atoms with Gasteiger partial charge in [-0.15, -0.1) is 11.3 Å². The quantitative estimate of drug-likeness (QED) is 0.604. The SMILES string of the molecule is Cc1nc(C)c(CC(=O)N2CCCCC2c2ncc(Cc3cccc(F)c3)o2)s1. The molecule has 1 amide bonds. The molecule has 1 aromatic carbocycles. The van der Waals surface area contributed by atoms with E-state index < -0.39 is 0 Å². The molecule has 1 aliphatic heterocycles. The van der Waals surface area contributed by atoms with Gasteiger partial charge in [-0.3, -0.25) is 4.79 Å². The summed E-state index contributed by atoms with van der Waals surface area (Å²) < 4.78 is 19.4. The third-order valence-electron chi connectivity index (χ3n) is 5.26. The van der Waals surface area contributed by atoms with Crippen LogP contribution in [0.15, 0.2) is 34.9 Å². The lowest BCUT2D eigenvalue weighted by molar-refractivity contribution is -0.134. The van der Waals surface area contributed by atoms with Crippen molar-refractivity contribution in [2.75, 3.05) is 6.54 Å². The lowest BCUT2D eigenvalue weighted by Gasteiger charge is -2.33. The van der Waals surface area contributed by atoms with Crippen molar-refractivity contribution in [1.29, 1.82) is 0 Å². The molecular formula is C22H24FN3O2S. The Balaban J connectivity index is 1.49. The summed E-state index contributed by atoms with van der Waals surface area (Å²) in [6, 6.07) is 6.32. The van der Waals surface area contributed by atoms with Gasteiger partial charge in [-0.2, -0.15) is 0 Å². The minimum absolute atomic E-state index is 0.0892. The molecule has 5 nitrogen and oxygen atoms in total. The van der Waals surface area contributed by atoms with E-state index in [1.807, 2.05) is 24.8 Å². The summed E-state index contributed by atoms with van der Waals surface area (Å²) >= 11 is 1.58. The Morgan fingerprint density at radius 3 is 2.97 bits per heavy atom. The number of carbonyl (C=O) groups excluding carboxylic acids is 1. The number of aromatic nitrogens is 2. The van der Waals surface area contributed by atoms with Gasteiger partial charge in [0.05, 0.1) is 23.3 Å². The predicted octanol–water partition coefficient (Wildman–Crippen LogP) is 4.77. The number of rotatable bonds is 5. The molecule has 4 rings (SSSR count). The summed E-state index contributed by atoms with van der Waals surface area (Å²) in [5.41, 5.74) is 1.77. The zero-order valence-electron chi connectivity index (χ0n) is 16.7. The van der Waals surface area contributed by atoms with E-state index in [1.165, 1.54) is 12.1 Å². The smallest absolute Gasteiger partial charge is 0.228 e. The predicted molar refractivity (Wildman–Crippen MR) is 109 cm³/mol. The van der Waals surface area contributed by atoms with Gasteiger partial charge in [0, 0.05) is 17.8 Å². The normalized spacial score (nSPS) is 16.9. The molecular weight excluding hydrogens is 389 g/mol. The third-order valence-corrected chi connectivity index (χ3v) is 6.33. The summed E-state index contributed by atoms with van der Waals surface area (Å²) in [5, 5.41) is 0.982. The maximum absolute atomic E-state index is 13.4. The molecule has 1 fully saturated rings. The molecule has 1 atom stereocenters. The zero-order chi connectivity index (χ0) is 20.4. The number of halogens is 1. The fraction of sp³-hybridized carbons (Fsp3) is 0.409. The molecule has 0 saturated carbocycles. The van der Waals surface area contributed by atoms with Crippen molar-refractivity contribution in [3.63, 3.8) is 0 Å². The van der Waals surface area contributed by atoms with Gasteiger partial charge < -0.3 is 9.32 Å². The molecule has 7 heteroatoms. The second-order valence-corrected chi connectivity index (χ2v) is 8.78. The van der Waals surface area contributed by atoms with E-state index in [0.29, 0.717) is 31.0 Å². The van der Waals surface area contributed by atoms with Crippen LogP contribution < -0.4 is 0 Å². The first-order valence-electron chi connectivity index (χ1n) is 9.91. The van der Waals surface area contributed by atoms with Gasteiger partial charge in [-0.05, 0) is 50.8 Å². The minimum Gasteiger partial charge on any atom is -0.443 e. The van der Waals surface area contributed by atoms with Crippen molar-refractivity contribution < 1.29 is 13.6 Å². The summed E-state index contributed by atoms with van der Waals surface area (Å²) in [7, 11) is 0. The maximum atomic E-state index is 13.4. The monoisotopic (exact) mass is 413 g/mol. The van der Waals surface area contributed by atoms with E-state index in [4.69, 9.17) is 4.42 Å². The Hall–Kier alpha value is -2.54. The average molecular weight is 414 g/mol. The number of aryl methyl sites for hydroxylation is 2. The Labute approximate surface area is 173 Å². The van der Waals surface area contributed by atoms with Gasteiger partial charge in [0.1, 0.15) is 17.6 Å². The molecule has 2 aromatic heterocycles. The number of piperidine rings is 1. The number of amides is 1. The highest BCUT2D eigenvalue weighted by molar-refractivity contribution is 7.11. The summed E-state index contributed by atoms with van der Waals surface area (Å²) in [5.74, 6) is 1.07. The van der Waals surface area contributed by atoms with E-state index >= 15 is 0 Å². The Morgan fingerprint density at radius 1 is 1.34 bits per heavy atom. The highest BCUT2D eigenvalue weighted by atomic mass is 32.1. The first kappa shape index (κ1) is 19.8. The van der Waals surface area contributed by atoms with E-state index in [1.54, 1.807) is 23.6 Å². The van der Waals surface area contributed by atoms with E-state index in [2.05, 4.69) is 9.97 Å². The van der Waals surface area contributed by atoms with Crippen molar-refractivity contribution in [2.45, 2.75) is 52.0 Å². The Morgan fingerprint density at radius 2 is 2.21 bits per heavy atom. The number of oxazole rings is 1. The van der Waals surface area contributed by atoms with Crippen LogP contribution >= 0.6 is 11.3 Å². The molecule has 1 saturated heterocycles. The number of hydrogen-bond donors (Lipinski definition) is 0. The van der Waals surface area contributed by atoms with Gasteiger partial charge in [-0.25, -0.2) is 14.4 Å².